The van der Waals surface area contributed by atoms with E-state index in [9.17, 15) is 0 Å². The minimum Gasteiger partial charge on any atom is -0.131 e. The summed E-state index contributed by atoms with van der Waals surface area (Å²) in [4.78, 5) is 1.72. The third-order valence-corrected chi connectivity index (χ3v) is 4.35. The van der Waals surface area contributed by atoms with Crippen LogP contribution in [-0.4, -0.2) is 5.75 Å². The summed E-state index contributed by atoms with van der Waals surface area (Å²) < 4.78 is 0. The van der Waals surface area contributed by atoms with Crippen LogP contribution in [0, 0.1) is 0 Å². The van der Waals surface area contributed by atoms with E-state index in [1.54, 1.807) is 10.5 Å². The molecular weight excluding hydrogens is 188 g/mol. The third kappa shape index (κ3) is 4.54. The predicted molar refractivity (Wildman–Crippen MR) is 67.8 cm³/mol. The van der Waals surface area contributed by atoms with Crippen molar-refractivity contribution in [3.8, 4) is 0 Å². The van der Waals surface area contributed by atoms with E-state index in [1.807, 2.05) is 0 Å². The topological polar surface area (TPSA) is 0 Å². The minimum atomic E-state index is 1.36. The molecule has 0 bridgehead atoms. The molecule has 1 rings (SSSR count). The van der Waals surface area contributed by atoms with E-state index in [4.69, 9.17) is 0 Å². The van der Waals surface area contributed by atoms with Crippen LogP contribution < -0.4 is 0 Å². The van der Waals surface area contributed by atoms with Gasteiger partial charge in [0.15, 0.2) is 0 Å². The predicted octanol–water partition coefficient (Wildman–Crippen LogP) is 5.15. The van der Waals surface area contributed by atoms with E-state index in [1.165, 1.54) is 57.1 Å². The van der Waals surface area contributed by atoms with Crippen LogP contribution >= 0.6 is 11.8 Å². The Labute approximate surface area is 93.5 Å². The minimum absolute atomic E-state index is 1.36. The molecule has 0 radical (unpaired) electrons. The fourth-order valence-corrected chi connectivity index (χ4v) is 3.14. The zero-order valence-corrected chi connectivity index (χ0v) is 10.6. The monoisotopic (exact) mass is 212 g/mol. The molecular formula is C13H24S. The maximum Gasteiger partial charge on any atom is -0.00202 e. The maximum atomic E-state index is 2.33. The van der Waals surface area contributed by atoms with Crippen LogP contribution in [0.15, 0.2) is 10.5 Å². The van der Waals surface area contributed by atoms with Crippen molar-refractivity contribution in [1.82, 2.24) is 0 Å². The number of hydrogen-bond acceptors (Lipinski definition) is 1. The second-order valence-corrected chi connectivity index (χ2v) is 5.51. The Morgan fingerprint density at radius 2 is 1.93 bits per heavy atom. The van der Waals surface area contributed by atoms with Crippen molar-refractivity contribution in [3.63, 3.8) is 0 Å². The standard InChI is InChI=1S/C13H24S/c1-3-4-5-6-7-10-13-12(2)9-8-11-14-13/h3-11H2,1-2H3. The summed E-state index contributed by atoms with van der Waals surface area (Å²) in [5.74, 6) is 1.36. The Morgan fingerprint density at radius 1 is 1.14 bits per heavy atom. The Kier molecular flexibility index (Phi) is 6.42. The van der Waals surface area contributed by atoms with Crippen LogP contribution in [-0.2, 0) is 0 Å². The average molecular weight is 212 g/mol. The van der Waals surface area contributed by atoms with Gasteiger partial charge in [0.05, 0.1) is 0 Å². The van der Waals surface area contributed by atoms with Gasteiger partial charge in [0, 0.05) is 0 Å². The maximum absolute atomic E-state index is 2.33. The zero-order chi connectivity index (χ0) is 10.2. The first-order valence-electron chi connectivity index (χ1n) is 6.16. The SMILES string of the molecule is CCCCCCCC1=C(C)CCCS1. The molecule has 0 aliphatic carbocycles. The largest absolute Gasteiger partial charge is 0.131 e. The van der Waals surface area contributed by atoms with Gasteiger partial charge in [-0.2, -0.15) is 0 Å². The number of thioether (sulfide) groups is 1. The summed E-state index contributed by atoms with van der Waals surface area (Å²) >= 11 is 2.11. The van der Waals surface area contributed by atoms with Gasteiger partial charge in [0.25, 0.3) is 0 Å². The van der Waals surface area contributed by atoms with Gasteiger partial charge in [0.1, 0.15) is 0 Å². The highest BCUT2D eigenvalue weighted by Gasteiger charge is 2.08. The average Bonchev–Trinajstić information content (AvgIpc) is 2.20. The van der Waals surface area contributed by atoms with Crippen LogP contribution in [0.4, 0.5) is 0 Å². The molecule has 0 N–H and O–H groups in total. The first kappa shape index (κ1) is 12.2. The number of unbranched alkanes of at least 4 members (excludes halogenated alkanes) is 4. The summed E-state index contributed by atoms with van der Waals surface area (Å²) in [6.07, 6.45) is 11.2. The molecule has 0 aromatic rings. The molecule has 0 saturated heterocycles. The Hall–Kier alpha value is 0.0900. The first-order chi connectivity index (χ1) is 6.84. The highest BCUT2D eigenvalue weighted by atomic mass is 32.2. The molecule has 0 aromatic carbocycles. The molecule has 1 heteroatoms. The fourth-order valence-electron chi connectivity index (χ4n) is 1.97. The van der Waals surface area contributed by atoms with Gasteiger partial charge in [-0.3, -0.25) is 0 Å². The van der Waals surface area contributed by atoms with Crippen LogP contribution in [0.3, 0.4) is 0 Å². The Balaban J connectivity index is 2.10. The molecule has 0 amide bonds. The number of hydrogen-bond donors (Lipinski definition) is 0. The Morgan fingerprint density at radius 3 is 2.64 bits per heavy atom. The van der Waals surface area contributed by atoms with Gasteiger partial charge in [0.2, 0.25) is 0 Å². The molecule has 0 fully saturated rings. The summed E-state index contributed by atoms with van der Waals surface area (Å²) in [5.41, 5.74) is 1.68. The lowest BCUT2D eigenvalue weighted by Crippen LogP contribution is -1.96. The molecule has 1 heterocycles. The van der Waals surface area contributed by atoms with Crippen molar-refractivity contribution in [2.75, 3.05) is 5.75 Å². The number of rotatable bonds is 6. The van der Waals surface area contributed by atoms with Gasteiger partial charge in [-0.25, -0.2) is 0 Å². The van der Waals surface area contributed by atoms with Crippen LogP contribution in [0.5, 0.6) is 0 Å². The molecule has 0 atom stereocenters. The summed E-state index contributed by atoms with van der Waals surface area (Å²) in [7, 11) is 0. The lowest BCUT2D eigenvalue weighted by molar-refractivity contribution is 0.633. The van der Waals surface area contributed by atoms with Gasteiger partial charge in [-0.15, -0.1) is 11.8 Å². The molecule has 1 aliphatic heterocycles. The molecule has 82 valence electrons. The highest BCUT2D eigenvalue weighted by Crippen LogP contribution is 2.33. The molecule has 0 nitrogen and oxygen atoms in total. The second-order valence-electron chi connectivity index (χ2n) is 4.32. The summed E-state index contributed by atoms with van der Waals surface area (Å²) in [5, 5.41) is 0. The molecule has 0 saturated carbocycles. The van der Waals surface area contributed by atoms with Crippen LogP contribution in [0.1, 0.15) is 65.2 Å². The lowest BCUT2D eigenvalue weighted by atomic mass is 10.1. The van der Waals surface area contributed by atoms with Gasteiger partial charge < -0.3 is 0 Å². The fraction of sp³-hybridized carbons (Fsp3) is 0.846. The van der Waals surface area contributed by atoms with Crippen molar-refractivity contribution < 1.29 is 0 Å². The van der Waals surface area contributed by atoms with Crippen LogP contribution in [0.25, 0.3) is 0 Å². The lowest BCUT2D eigenvalue weighted by Gasteiger charge is -2.16. The van der Waals surface area contributed by atoms with E-state index in [0.717, 1.165) is 0 Å². The highest BCUT2D eigenvalue weighted by molar-refractivity contribution is 8.03. The van der Waals surface area contributed by atoms with Gasteiger partial charge in [-0.1, -0.05) is 38.2 Å². The quantitative estimate of drug-likeness (QED) is 0.549. The second kappa shape index (κ2) is 7.39. The number of allylic oxidation sites excluding steroid dienone is 2. The summed E-state index contributed by atoms with van der Waals surface area (Å²) in [6.45, 7) is 4.61. The zero-order valence-electron chi connectivity index (χ0n) is 9.77. The van der Waals surface area contributed by atoms with Gasteiger partial charge >= 0.3 is 0 Å². The molecule has 0 spiro atoms. The van der Waals surface area contributed by atoms with Gasteiger partial charge in [-0.05, 0) is 43.3 Å². The smallest absolute Gasteiger partial charge is 0.00202 e. The first-order valence-corrected chi connectivity index (χ1v) is 7.14. The normalized spacial score (nSPS) is 17.6. The van der Waals surface area contributed by atoms with Crippen molar-refractivity contribution in [1.29, 1.82) is 0 Å². The molecule has 0 aromatic heterocycles. The van der Waals surface area contributed by atoms with E-state index in [-0.39, 0.29) is 0 Å². The summed E-state index contributed by atoms with van der Waals surface area (Å²) in [6, 6.07) is 0. The van der Waals surface area contributed by atoms with E-state index in [2.05, 4.69) is 25.6 Å². The molecule has 0 unspecified atom stereocenters. The van der Waals surface area contributed by atoms with E-state index < -0.39 is 0 Å². The van der Waals surface area contributed by atoms with Crippen molar-refractivity contribution in [2.24, 2.45) is 0 Å². The van der Waals surface area contributed by atoms with Crippen molar-refractivity contribution in [2.45, 2.75) is 65.2 Å². The third-order valence-electron chi connectivity index (χ3n) is 2.96. The molecule has 1 aliphatic rings. The molecule has 14 heavy (non-hydrogen) atoms. The van der Waals surface area contributed by atoms with E-state index >= 15 is 0 Å². The Bertz CT molecular complexity index is 182. The van der Waals surface area contributed by atoms with Crippen molar-refractivity contribution in [3.05, 3.63) is 10.5 Å². The van der Waals surface area contributed by atoms with Crippen LogP contribution in [0.2, 0.25) is 0 Å². The van der Waals surface area contributed by atoms with Crippen molar-refractivity contribution >= 4 is 11.8 Å². The van der Waals surface area contributed by atoms with E-state index in [0.29, 0.717) is 0 Å².